The van der Waals surface area contributed by atoms with Gasteiger partial charge in [-0.25, -0.2) is 4.79 Å². The zero-order valence-corrected chi connectivity index (χ0v) is 13.1. The van der Waals surface area contributed by atoms with E-state index in [9.17, 15) is 9.59 Å². The zero-order valence-electron chi connectivity index (χ0n) is 13.1. The van der Waals surface area contributed by atoms with E-state index < -0.39 is 11.5 Å². The number of aliphatic carboxylic acids is 1. The summed E-state index contributed by atoms with van der Waals surface area (Å²) in [5.74, 6) is 0.437. The topological polar surface area (TPSA) is 69.6 Å². The number of urea groups is 1. The van der Waals surface area contributed by atoms with Crippen molar-refractivity contribution in [3.63, 3.8) is 0 Å². The number of hydrogen-bond donors (Lipinski definition) is 2. The summed E-state index contributed by atoms with van der Waals surface area (Å²) < 4.78 is 0. The second-order valence-electron chi connectivity index (χ2n) is 6.81. The lowest BCUT2D eigenvalue weighted by atomic mass is 9.89. The van der Waals surface area contributed by atoms with Crippen LogP contribution in [0, 0.1) is 11.8 Å². The molecule has 20 heavy (non-hydrogen) atoms. The number of carbonyl (C=O) groups is 2. The molecular weight excluding hydrogens is 256 g/mol. The number of hydrogen-bond acceptors (Lipinski definition) is 2. The van der Waals surface area contributed by atoms with E-state index in [1.807, 2.05) is 4.90 Å². The number of nitrogens with zero attached hydrogens (tertiary/aromatic N) is 1. The van der Waals surface area contributed by atoms with Gasteiger partial charge in [0.1, 0.15) is 0 Å². The highest BCUT2D eigenvalue weighted by Crippen LogP contribution is 2.24. The summed E-state index contributed by atoms with van der Waals surface area (Å²) >= 11 is 0. The Morgan fingerprint density at radius 3 is 2.50 bits per heavy atom. The predicted octanol–water partition coefficient (Wildman–Crippen LogP) is 2.71. The quantitative estimate of drug-likeness (QED) is 0.834. The highest BCUT2D eigenvalue weighted by Gasteiger charge is 2.28. The second-order valence-corrected chi connectivity index (χ2v) is 6.81. The van der Waals surface area contributed by atoms with E-state index in [0.29, 0.717) is 11.8 Å². The number of carbonyl (C=O) groups excluding carboxylic acids is 1. The minimum Gasteiger partial charge on any atom is -0.481 e. The minimum absolute atomic E-state index is 0.0683. The normalized spacial score (nSPS) is 20.6. The molecular formula is C15H28N2O3. The molecule has 1 aliphatic heterocycles. The molecule has 1 saturated heterocycles. The molecule has 5 heteroatoms. The molecule has 2 amide bonds. The maximum Gasteiger partial charge on any atom is 0.317 e. The first-order valence-corrected chi connectivity index (χ1v) is 7.50. The van der Waals surface area contributed by atoms with E-state index in [2.05, 4.69) is 19.2 Å². The molecule has 0 bridgehead atoms. The first kappa shape index (κ1) is 16.8. The number of rotatable bonds is 4. The van der Waals surface area contributed by atoms with Crippen LogP contribution < -0.4 is 5.32 Å². The van der Waals surface area contributed by atoms with Crippen molar-refractivity contribution in [2.45, 2.75) is 58.9 Å². The van der Waals surface area contributed by atoms with Crippen LogP contribution in [0.1, 0.15) is 53.4 Å². The molecule has 0 aromatic heterocycles. The van der Waals surface area contributed by atoms with Gasteiger partial charge in [-0.2, -0.15) is 0 Å². The molecule has 2 N–H and O–H groups in total. The highest BCUT2D eigenvalue weighted by atomic mass is 16.4. The van der Waals surface area contributed by atoms with E-state index in [4.69, 9.17) is 5.11 Å². The van der Waals surface area contributed by atoms with Crippen LogP contribution in [0.3, 0.4) is 0 Å². The number of carboxylic acids is 1. The Morgan fingerprint density at radius 1 is 1.30 bits per heavy atom. The number of carboxylic acid groups (broad SMARTS) is 1. The van der Waals surface area contributed by atoms with Crippen LogP contribution >= 0.6 is 0 Å². The van der Waals surface area contributed by atoms with Crippen molar-refractivity contribution in [1.29, 1.82) is 0 Å². The smallest absolute Gasteiger partial charge is 0.317 e. The van der Waals surface area contributed by atoms with Crippen LogP contribution in [0.2, 0.25) is 0 Å². The Hall–Kier alpha value is -1.26. The van der Waals surface area contributed by atoms with Gasteiger partial charge in [-0.15, -0.1) is 0 Å². The average Bonchev–Trinajstić information content (AvgIpc) is 2.51. The standard InChI is InChI=1S/C15H28N2O3/c1-11(2)12-6-5-8-17(9-7-12)14(20)16-15(3,4)10-13(18)19/h11-12H,5-10H2,1-4H3,(H,16,20)(H,18,19). The maximum atomic E-state index is 12.2. The van der Waals surface area contributed by atoms with E-state index >= 15 is 0 Å². The molecule has 1 rings (SSSR count). The van der Waals surface area contributed by atoms with E-state index in [-0.39, 0.29) is 12.5 Å². The van der Waals surface area contributed by atoms with Crippen molar-refractivity contribution in [2.75, 3.05) is 13.1 Å². The first-order valence-electron chi connectivity index (χ1n) is 7.50. The fourth-order valence-electron chi connectivity index (χ4n) is 2.78. The average molecular weight is 284 g/mol. The fourth-order valence-corrected chi connectivity index (χ4v) is 2.78. The molecule has 0 aromatic rings. The Bertz CT molecular complexity index is 353. The Labute approximate surface area is 121 Å². The largest absolute Gasteiger partial charge is 0.481 e. The monoisotopic (exact) mass is 284 g/mol. The molecule has 0 aliphatic carbocycles. The predicted molar refractivity (Wildman–Crippen MR) is 78.6 cm³/mol. The molecule has 0 aromatic carbocycles. The molecule has 5 nitrogen and oxygen atoms in total. The highest BCUT2D eigenvalue weighted by molar-refractivity contribution is 5.76. The summed E-state index contributed by atoms with van der Waals surface area (Å²) in [5, 5.41) is 11.7. The van der Waals surface area contributed by atoms with Crippen molar-refractivity contribution < 1.29 is 14.7 Å². The van der Waals surface area contributed by atoms with Gasteiger partial charge in [-0.3, -0.25) is 4.79 Å². The third-order valence-electron chi connectivity index (χ3n) is 4.04. The zero-order chi connectivity index (χ0) is 15.3. The first-order chi connectivity index (χ1) is 9.21. The summed E-state index contributed by atoms with van der Waals surface area (Å²) in [4.78, 5) is 24.9. The third kappa shape index (κ3) is 5.39. The number of likely N-dealkylation sites (tertiary alicyclic amines) is 1. The molecule has 1 aliphatic rings. The van der Waals surface area contributed by atoms with Crippen LogP contribution in [0.5, 0.6) is 0 Å². The molecule has 1 unspecified atom stereocenters. The Morgan fingerprint density at radius 2 is 1.95 bits per heavy atom. The summed E-state index contributed by atoms with van der Waals surface area (Å²) in [7, 11) is 0. The van der Waals surface area contributed by atoms with E-state index in [1.54, 1.807) is 13.8 Å². The minimum atomic E-state index is -0.897. The Kier molecular flexibility index (Phi) is 5.84. The maximum absolute atomic E-state index is 12.2. The molecule has 1 fully saturated rings. The van der Waals surface area contributed by atoms with Gasteiger partial charge < -0.3 is 15.3 Å². The van der Waals surface area contributed by atoms with Crippen LogP contribution in [0.25, 0.3) is 0 Å². The van der Waals surface area contributed by atoms with Gasteiger partial charge >= 0.3 is 12.0 Å². The Balaban J connectivity index is 2.53. The van der Waals surface area contributed by atoms with Gasteiger partial charge in [0.05, 0.1) is 6.42 Å². The van der Waals surface area contributed by atoms with Gasteiger partial charge in [0.2, 0.25) is 0 Å². The van der Waals surface area contributed by atoms with Crippen molar-refractivity contribution in [2.24, 2.45) is 11.8 Å². The molecule has 0 spiro atoms. The van der Waals surface area contributed by atoms with Crippen molar-refractivity contribution in [3.05, 3.63) is 0 Å². The summed E-state index contributed by atoms with van der Waals surface area (Å²) in [6.45, 7) is 9.48. The van der Waals surface area contributed by atoms with Crippen molar-refractivity contribution in [1.82, 2.24) is 10.2 Å². The van der Waals surface area contributed by atoms with Gasteiger partial charge in [0, 0.05) is 18.6 Å². The van der Waals surface area contributed by atoms with E-state index in [0.717, 1.165) is 25.9 Å². The van der Waals surface area contributed by atoms with Gasteiger partial charge in [-0.1, -0.05) is 13.8 Å². The SMILES string of the molecule is CC(C)C1CCCN(C(=O)NC(C)(C)CC(=O)O)CC1. The van der Waals surface area contributed by atoms with E-state index in [1.165, 1.54) is 6.42 Å². The van der Waals surface area contributed by atoms with Crippen LogP contribution in [0.15, 0.2) is 0 Å². The molecule has 1 heterocycles. The molecule has 0 radical (unpaired) electrons. The molecule has 1 atom stereocenters. The second kappa shape index (κ2) is 6.95. The lowest BCUT2D eigenvalue weighted by molar-refractivity contribution is -0.138. The fraction of sp³-hybridized carbons (Fsp3) is 0.867. The van der Waals surface area contributed by atoms with Crippen molar-refractivity contribution >= 4 is 12.0 Å². The number of nitrogens with one attached hydrogen (secondary N) is 1. The lowest BCUT2D eigenvalue weighted by Crippen LogP contribution is -2.51. The molecule has 0 saturated carbocycles. The lowest BCUT2D eigenvalue weighted by Gasteiger charge is -2.29. The van der Waals surface area contributed by atoms with Gasteiger partial charge in [0.25, 0.3) is 0 Å². The van der Waals surface area contributed by atoms with Crippen LogP contribution in [-0.4, -0.2) is 40.6 Å². The summed E-state index contributed by atoms with van der Waals surface area (Å²) in [5.41, 5.74) is -0.716. The summed E-state index contributed by atoms with van der Waals surface area (Å²) in [6.07, 6.45) is 3.15. The van der Waals surface area contributed by atoms with Crippen LogP contribution in [-0.2, 0) is 4.79 Å². The van der Waals surface area contributed by atoms with Crippen LogP contribution in [0.4, 0.5) is 4.79 Å². The van der Waals surface area contributed by atoms with Crippen molar-refractivity contribution in [3.8, 4) is 0 Å². The summed E-state index contributed by atoms with van der Waals surface area (Å²) in [6, 6.07) is -0.138. The molecule has 116 valence electrons. The third-order valence-corrected chi connectivity index (χ3v) is 4.04. The number of amides is 2. The van der Waals surface area contributed by atoms with Gasteiger partial charge in [0.15, 0.2) is 0 Å². The van der Waals surface area contributed by atoms with Gasteiger partial charge in [-0.05, 0) is 44.9 Å².